The zero-order valence-electron chi connectivity index (χ0n) is 17.5. The van der Waals surface area contributed by atoms with E-state index in [9.17, 15) is 14.4 Å². The quantitative estimate of drug-likeness (QED) is 0.460. The van der Waals surface area contributed by atoms with E-state index in [0.29, 0.717) is 27.3 Å². The molecule has 1 aliphatic heterocycles. The molecular weight excluding hydrogens is 450 g/mol. The highest BCUT2D eigenvalue weighted by molar-refractivity contribution is 8.15. The maximum absolute atomic E-state index is 12.3. The summed E-state index contributed by atoms with van der Waals surface area (Å²) in [6.07, 6.45) is -0.0132. The molecule has 1 saturated heterocycles. The number of amides is 3. The topological polar surface area (TPSA) is 112 Å². The Hall–Kier alpha value is -3.30. The van der Waals surface area contributed by atoms with Gasteiger partial charge in [0.2, 0.25) is 17.7 Å². The molecule has 0 aromatic heterocycles. The van der Waals surface area contributed by atoms with Gasteiger partial charge in [-0.3, -0.25) is 19.8 Å². The number of hydrazone groups is 1. The monoisotopic (exact) mass is 471 g/mol. The second kappa shape index (κ2) is 10.3. The molecule has 1 aliphatic rings. The molecule has 0 unspecified atom stereocenters. The van der Waals surface area contributed by atoms with Crippen molar-refractivity contribution in [3.05, 3.63) is 65.2 Å². The Balaban J connectivity index is 1.55. The first-order chi connectivity index (χ1) is 15.2. The Kier molecular flexibility index (Phi) is 7.55. The summed E-state index contributed by atoms with van der Waals surface area (Å²) in [7, 11) is 0. The Morgan fingerprint density at radius 2 is 1.94 bits per heavy atom. The maximum atomic E-state index is 12.3. The van der Waals surface area contributed by atoms with Crippen LogP contribution in [-0.4, -0.2) is 28.1 Å². The fraction of sp³-hybridized carbons (Fsp3) is 0.182. The van der Waals surface area contributed by atoms with Gasteiger partial charge in [-0.15, -0.1) is 5.10 Å². The number of aryl methyl sites for hydroxylation is 1. The molecule has 4 N–H and O–H groups in total. The maximum Gasteiger partial charge on any atom is 0.240 e. The van der Waals surface area contributed by atoms with Gasteiger partial charge in [0.05, 0.1) is 5.70 Å². The summed E-state index contributed by atoms with van der Waals surface area (Å²) < 4.78 is 0. The van der Waals surface area contributed by atoms with Crippen molar-refractivity contribution in [1.82, 2.24) is 10.7 Å². The largest absolute Gasteiger partial charge is 0.326 e. The minimum atomic E-state index is -0.604. The van der Waals surface area contributed by atoms with E-state index in [-0.39, 0.29) is 24.1 Å². The summed E-state index contributed by atoms with van der Waals surface area (Å²) in [6, 6.07) is 12.3. The smallest absolute Gasteiger partial charge is 0.240 e. The van der Waals surface area contributed by atoms with Crippen molar-refractivity contribution in [2.75, 3.05) is 10.6 Å². The van der Waals surface area contributed by atoms with Gasteiger partial charge in [-0.1, -0.05) is 48.1 Å². The fourth-order valence-corrected chi connectivity index (χ4v) is 3.92. The van der Waals surface area contributed by atoms with Crippen LogP contribution in [0.3, 0.4) is 0 Å². The summed E-state index contributed by atoms with van der Waals surface area (Å²) in [5, 5.41) is 12.5. The van der Waals surface area contributed by atoms with Crippen molar-refractivity contribution in [3.63, 3.8) is 0 Å². The van der Waals surface area contributed by atoms with Crippen LogP contribution in [0, 0.1) is 6.92 Å². The van der Waals surface area contributed by atoms with Gasteiger partial charge in [-0.2, -0.15) is 0 Å². The SMILES string of the molecule is C=C(N/N=C1/NC(=O)[C@@H](CC(=O)Nc2ccc(C)c(Cl)c2)S1)c1cccc(NC(C)=O)c1. The Morgan fingerprint density at radius 1 is 1.19 bits per heavy atom. The predicted octanol–water partition coefficient (Wildman–Crippen LogP) is 3.70. The highest BCUT2D eigenvalue weighted by Crippen LogP contribution is 2.24. The molecular formula is C22H22ClN5O3S. The van der Waals surface area contributed by atoms with E-state index < -0.39 is 5.25 Å². The molecule has 0 aliphatic carbocycles. The van der Waals surface area contributed by atoms with E-state index in [1.807, 2.05) is 19.1 Å². The minimum absolute atomic E-state index is 0.0132. The summed E-state index contributed by atoms with van der Waals surface area (Å²) in [5.41, 5.74) is 6.12. The average Bonchev–Trinajstić information content (AvgIpc) is 3.07. The van der Waals surface area contributed by atoms with Crippen LogP contribution in [0.4, 0.5) is 11.4 Å². The molecule has 10 heteroatoms. The third-order valence-corrected chi connectivity index (χ3v) is 5.92. The number of anilines is 2. The number of carbonyl (C=O) groups excluding carboxylic acids is 3. The number of thioether (sulfide) groups is 1. The summed E-state index contributed by atoms with van der Waals surface area (Å²) >= 11 is 7.23. The zero-order chi connectivity index (χ0) is 23.3. The number of rotatable bonds is 7. The van der Waals surface area contributed by atoms with Crippen molar-refractivity contribution >= 4 is 63.3 Å². The molecule has 0 saturated carbocycles. The molecule has 166 valence electrons. The van der Waals surface area contributed by atoms with Crippen LogP contribution in [0.25, 0.3) is 5.70 Å². The van der Waals surface area contributed by atoms with Gasteiger partial charge in [0, 0.05) is 35.3 Å². The third-order valence-electron chi connectivity index (χ3n) is 4.43. The van der Waals surface area contributed by atoms with Gasteiger partial charge in [0.1, 0.15) is 5.25 Å². The molecule has 1 atom stereocenters. The molecule has 32 heavy (non-hydrogen) atoms. The van der Waals surface area contributed by atoms with Gasteiger partial charge in [-0.25, -0.2) is 0 Å². The molecule has 2 aromatic carbocycles. The van der Waals surface area contributed by atoms with Crippen LogP contribution in [0.2, 0.25) is 5.02 Å². The van der Waals surface area contributed by atoms with Crippen molar-refractivity contribution in [3.8, 4) is 0 Å². The summed E-state index contributed by atoms with van der Waals surface area (Å²) in [5.74, 6) is -0.775. The van der Waals surface area contributed by atoms with Crippen molar-refractivity contribution < 1.29 is 14.4 Å². The fourth-order valence-electron chi connectivity index (χ4n) is 2.81. The summed E-state index contributed by atoms with van der Waals surface area (Å²) in [4.78, 5) is 35.8. The minimum Gasteiger partial charge on any atom is -0.326 e. The highest BCUT2D eigenvalue weighted by atomic mass is 35.5. The van der Waals surface area contributed by atoms with Crippen LogP contribution >= 0.6 is 23.4 Å². The number of amidine groups is 1. The molecule has 3 amide bonds. The van der Waals surface area contributed by atoms with Gasteiger partial charge >= 0.3 is 0 Å². The lowest BCUT2D eigenvalue weighted by atomic mass is 10.1. The van der Waals surface area contributed by atoms with Crippen LogP contribution in [0.5, 0.6) is 0 Å². The van der Waals surface area contributed by atoms with E-state index in [1.54, 1.807) is 30.3 Å². The van der Waals surface area contributed by atoms with Gasteiger partial charge < -0.3 is 16.0 Å². The zero-order valence-corrected chi connectivity index (χ0v) is 19.1. The van der Waals surface area contributed by atoms with E-state index in [1.165, 1.54) is 6.92 Å². The van der Waals surface area contributed by atoms with Crippen molar-refractivity contribution in [1.29, 1.82) is 0 Å². The van der Waals surface area contributed by atoms with Gasteiger partial charge in [0.15, 0.2) is 5.17 Å². The molecule has 1 heterocycles. The third kappa shape index (κ3) is 6.35. The predicted molar refractivity (Wildman–Crippen MR) is 129 cm³/mol. The Bertz CT molecular complexity index is 1120. The van der Waals surface area contributed by atoms with Crippen molar-refractivity contribution in [2.45, 2.75) is 25.5 Å². The standard InChI is InChI=1S/C22H22ClN5O3S/c1-12-7-8-17(10-18(12)23)25-20(30)11-19-21(31)26-22(32-19)28-27-13(2)15-5-4-6-16(9-15)24-14(3)29/h4-10,19,27H,2,11H2,1,3H3,(H,24,29)(H,25,30)(H,26,28,31)/t19-/m1/s1. The second-order valence-electron chi connectivity index (χ2n) is 7.08. The van der Waals surface area contributed by atoms with E-state index in [0.717, 1.165) is 22.9 Å². The molecule has 3 rings (SSSR count). The second-order valence-corrected chi connectivity index (χ2v) is 8.68. The molecule has 0 bridgehead atoms. The van der Waals surface area contributed by atoms with Crippen LogP contribution in [-0.2, 0) is 14.4 Å². The lowest BCUT2D eigenvalue weighted by Gasteiger charge is -2.09. The average molecular weight is 472 g/mol. The number of carbonyl (C=O) groups is 3. The molecule has 8 nitrogen and oxygen atoms in total. The van der Waals surface area contributed by atoms with Crippen LogP contribution < -0.4 is 21.4 Å². The number of hydrogen-bond acceptors (Lipinski definition) is 6. The summed E-state index contributed by atoms with van der Waals surface area (Å²) in [6.45, 7) is 7.23. The first-order valence-corrected chi connectivity index (χ1v) is 10.9. The highest BCUT2D eigenvalue weighted by Gasteiger charge is 2.32. The Morgan fingerprint density at radius 3 is 2.66 bits per heavy atom. The first-order valence-electron chi connectivity index (χ1n) is 9.65. The molecule has 0 spiro atoms. The molecule has 0 radical (unpaired) electrons. The number of halogens is 1. The van der Waals surface area contributed by atoms with Crippen LogP contribution in [0.15, 0.2) is 54.1 Å². The lowest BCUT2D eigenvalue weighted by Crippen LogP contribution is -2.28. The Labute approximate surface area is 194 Å². The lowest BCUT2D eigenvalue weighted by molar-refractivity contribution is -0.122. The molecule has 2 aromatic rings. The number of nitrogens with zero attached hydrogens (tertiary/aromatic N) is 1. The van der Waals surface area contributed by atoms with Crippen LogP contribution in [0.1, 0.15) is 24.5 Å². The van der Waals surface area contributed by atoms with Gasteiger partial charge in [-0.05, 0) is 36.8 Å². The molecule has 1 fully saturated rings. The number of benzene rings is 2. The van der Waals surface area contributed by atoms with Gasteiger partial charge in [0.25, 0.3) is 0 Å². The first kappa shape index (κ1) is 23.4. The van der Waals surface area contributed by atoms with E-state index >= 15 is 0 Å². The normalized spacial score (nSPS) is 16.4. The van der Waals surface area contributed by atoms with Crippen molar-refractivity contribution in [2.24, 2.45) is 5.10 Å². The van der Waals surface area contributed by atoms with E-state index in [2.05, 4.69) is 33.1 Å². The number of hydrogen-bond donors (Lipinski definition) is 4. The van der Waals surface area contributed by atoms with E-state index in [4.69, 9.17) is 11.6 Å². The number of nitrogens with one attached hydrogen (secondary N) is 4.